The molecular formula is C13H13N3O. The van der Waals surface area contributed by atoms with Crippen LogP contribution in [0.1, 0.15) is 5.56 Å². The number of pyridine rings is 1. The maximum absolute atomic E-state index is 10.6. The molecule has 4 nitrogen and oxygen atoms in total. The third kappa shape index (κ3) is 3.04. The molecule has 0 radical (unpaired) electrons. The Morgan fingerprint density at radius 2 is 1.94 bits per heavy atom. The van der Waals surface area contributed by atoms with E-state index >= 15 is 0 Å². The van der Waals surface area contributed by atoms with Crippen LogP contribution < -0.4 is 11.1 Å². The summed E-state index contributed by atoms with van der Waals surface area (Å²) in [5, 5.41) is 2.55. The quantitative estimate of drug-likeness (QED) is 0.841. The van der Waals surface area contributed by atoms with E-state index in [1.807, 2.05) is 42.6 Å². The highest BCUT2D eigenvalue weighted by atomic mass is 16.2. The molecule has 1 heterocycles. The highest BCUT2D eigenvalue weighted by Gasteiger charge is 1.98. The summed E-state index contributed by atoms with van der Waals surface area (Å²) < 4.78 is 0. The molecule has 2 amide bonds. The molecule has 0 aliphatic carbocycles. The summed E-state index contributed by atoms with van der Waals surface area (Å²) in [6.07, 6.45) is 3.56. The van der Waals surface area contributed by atoms with E-state index in [2.05, 4.69) is 10.3 Å². The van der Waals surface area contributed by atoms with Crippen LogP contribution in [0.3, 0.4) is 0 Å². The number of benzene rings is 1. The van der Waals surface area contributed by atoms with Crippen molar-refractivity contribution in [3.8, 4) is 11.1 Å². The number of nitrogens with zero attached hydrogens (tertiary/aromatic N) is 1. The van der Waals surface area contributed by atoms with Crippen molar-refractivity contribution in [2.24, 2.45) is 5.73 Å². The second kappa shape index (κ2) is 5.12. The lowest BCUT2D eigenvalue weighted by atomic mass is 10.1. The molecular weight excluding hydrogens is 214 g/mol. The fourth-order valence-electron chi connectivity index (χ4n) is 1.54. The molecule has 17 heavy (non-hydrogen) atoms. The summed E-state index contributed by atoms with van der Waals surface area (Å²) in [6, 6.07) is 11.3. The number of rotatable bonds is 3. The molecule has 0 aliphatic rings. The topological polar surface area (TPSA) is 68.0 Å². The van der Waals surface area contributed by atoms with Crippen LogP contribution in [0.25, 0.3) is 11.1 Å². The van der Waals surface area contributed by atoms with Crippen LogP contribution in [-0.2, 0) is 6.54 Å². The zero-order valence-corrected chi connectivity index (χ0v) is 9.26. The summed E-state index contributed by atoms with van der Waals surface area (Å²) in [5.41, 5.74) is 8.18. The van der Waals surface area contributed by atoms with Crippen molar-refractivity contribution >= 4 is 6.03 Å². The Morgan fingerprint density at radius 3 is 2.53 bits per heavy atom. The Bertz CT molecular complexity index is 494. The summed E-state index contributed by atoms with van der Waals surface area (Å²) in [7, 11) is 0. The van der Waals surface area contributed by atoms with Gasteiger partial charge in [-0.05, 0) is 22.8 Å². The van der Waals surface area contributed by atoms with Crippen LogP contribution in [0.4, 0.5) is 4.79 Å². The maximum Gasteiger partial charge on any atom is 0.312 e. The molecule has 0 bridgehead atoms. The molecule has 0 saturated heterocycles. The normalized spacial score (nSPS) is 9.88. The van der Waals surface area contributed by atoms with Crippen LogP contribution in [0, 0.1) is 0 Å². The van der Waals surface area contributed by atoms with Gasteiger partial charge in [-0.25, -0.2) is 4.79 Å². The molecule has 86 valence electrons. The Hall–Kier alpha value is -2.36. The fraction of sp³-hybridized carbons (Fsp3) is 0.0769. The number of aromatic nitrogens is 1. The second-order valence-corrected chi connectivity index (χ2v) is 3.66. The zero-order valence-electron chi connectivity index (χ0n) is 9.26. The van der Waals surface area contributed by atoms with Crippen molar-refractivity contribution < 1.29 is 4.79 Å². The number of hydrogen-bond donors (Lipinski definition) is 2. The van der Waals surface area contributed by atoms with Gasteiger partial charge in [0.2, 0.25) is 0 Å². The molecule has 1 aromatic carbocycles. The van der Waals surface area contributed by atoms with Gasteiger partial charge in [0, 0.05) is 18.9 Å². The Labute approximate surface area is 99.5 Å². The second-order valence-electron chi connectivity index (χ2n) is 3.66. The first-order valence-corrected chi connectivity index (χ1v) is 5.28. The van der Waals surface area contributed by atoms with Crippen LogP contribution in [0.2, 0.25) is 0 Å². The van der Waals surface area contributed by atoms with Crippen LogP contribution in [0.15, 0.2) is 48.8 Å². The van der Waals surface area contributed by atoms with Crippen LogP contribution in [0.5, 0.6) is 0 Å². The summed E-state index contributed by atoms with van der Waals surface area (Å²) >= 11 is 0. The number of nitrogens with two attached hydrogens (primary N) is 1. The van der Waals surface area contributed by atoms with E-state index in [1.54, 1.807) is 6.20 Å². The van der Waals surface area contributed by atoms with Crippen molar-refractivity contribution in [3.05, 3.63) is 54.4 Å². The Balaban J connectivity index is 2.11. The highest BCUT2D eigenvalue weighted by molar-refractivity contribution is 5.71. The number of amides is 2. The predicted octanol–water partition coefficient (Wildman–Crippen LogP) is 1.92. The van der Waals surface area contributed by atoms with E-state index < -0.39 is 6.03 Å². The van der Waals surface area contributed by atoms with Crippen molar-refractivity contribution in [2.45, 2.75) is 6.54 Å². The smallest absolute Gasteiger partial charge is 0.312 e. The minimum atomic E-state index is -0.513. The first-order chi connectivity index (χ1) is 8.25. The van der Waals surface area contributed by atoms with Gasteiger partial charge in [-0.1, -0.05) is 30.3 Å². The molecule has 0 atom stereocenters. The molecule has 3 N–H and O–H groups in total. The van der Waals surface area contributed by atoms with E-state index in [0.29, 0.717) is 6.54 Å². The van der Waals surface area contributed by atoms with Gasteiger partial charge in [0.25, 0.3) is 0 Å². The van der Waals surface area contributed by atoms with E-state index in [-0.39, 0.29) is 0 Å². The van der Waals surface area contributed by atoms with Crippen molar-refractivity contribution in [1.29, 1.82) is 0 Å². The van der Waals surface area contributed by atoms with E-state index in [4.69, 9.17) is 5.73 Å². The monoisotopic (exact) mass is 227 g/mol. The molecule has 0 fully saturated rings. The van der Waals surface area contributed by atoms with Gasteiger partial charge in [0.15, 0.2) is 0 Å². The number of carbonyl (C=O) groups is 1. The molecule has 0 saturated carbocycles. The van der Waals surface area contributed by atoms with Crippen molar-refractivity contribution in [1.82, 2.24) is 10.3 Å². The maximum atomic E-state index is 10.6. The third-order valence-electron chi connectivity index (χ3n) is 2.42. The molecule has 4 heteroatoms. The molecule has 0 unspecified atom stereocenters. The molecule has 2 rings (SSSR count). The molecule has 2 aromatic rings. The predicted molar refractivity (Wildman–Crippen MR) is 66.1 cm³/mol. The van der Waals surface area contributed by atoms with Crippen molar-refractivity contribution in [3.63, 3.8) is 0 Å². The SMILES string of the molecule is NC(=O)NCc1ccc(-c2cccnc2)cc1. The van der Waals surface area contributed by atoms with E-state index in [1.165, 1.54) is 0 Å². The highest BCUT2D eigenvalue weighted by Crippen LogP contribution is 2.18. The number of nitrogens with one attached hydrogen (secondary N) is 1. The van der Waals surface area contributed by atoms with Gasteiger partial charge in [0.05, 0.1) is 0 Å². The van der Waals surface area contributed by atoms with E-state index in [9.17, 15) is 4.79 Å². The number of primary amides is 1. The lowest BCUT2D eigenvalue weighted by molar-refractivity contribution is 0.248. The van der Waals surface area contributed by atoms with Gasteiger partial charge in [-0.3, -0.25) is 4.98 Å². The van der Waals surface area contributed by atoms with Crippen LogP contribution in [-0.4, -0.2) is 11.0 Å². The summed E-state index contributed by atoms with van der Waals surface area (Å²) in [4.78, 5) is 14.6. The summed E-state index contributed by atoms with van der Waals surface area (Å²) in [6.45, 7) is 0.447. The summed E-state index contributed by atoms with van der Waals surface area (Å²) in [5.74, 6) is 0. The number of carbonyl (C=O) groups excluding carboxylic acids is 1. The first kappa shape index (κ1) is 11.1. The number of urea groups is 1. The molecule has 1 aromatic heterocycles. The molecule has 0 aliphatic heterocycles. The van der Waals surface area contributed by atoms with Gasteiger partial charge in [-0.15, -0.1) is 0 Å². The Kier molecular flexibility index (Phi) is 3.35. The third-order valence-corrected chi connectivity index (χ3v) is 2.42. The fourth-order valence-corrected chi connectivity index (χ4v) is 1.54. The minimum absolute atomic E-state index is 0.447. The van der Waals surface area contributed by atoms with Gasteiger partial charge in [0.1, 0.15) is 0 Å². The molecule has 0 spiro atoms. The standard InChI is InChI=1S/C13H13N3O/c14-13(17)16-8-10-3-5-11(6-4-10)12-2-1-7-15-9-12/h1-7,9H,8H2,(H3,14,16,17). The lowest BCUT2D eigenvalue weighted by Gasteiger charge is -2.04. The van der Waals surface area contributed by atoms with E-state index in [0.717, 1.165) is 16.7 Å². The van der Waals surface area contributed by atoms with Crippen LogP contribution >= 0.6 is 0 Å². The number of hydrogen-bond acceptors (Lipinski definition) is 2. The largest absolute Gasteiger partial charge is 0.352 e. The zero-order chi connectivity index (χ0) is 12.1. The lowest BCUT2D eigenvalue weighted by Crippen LogP contribution is -2.28. The Morgan fingerprint density at radius 1 is 1.18 bits per heavy atom. The minimum Gasteiger partial charge on any atom is -0.352 e. The average molecular weight is 227 g/mol. The van der Waals surface area contributed by atoms with Crippen molar-refractivity contribution in [2.75, 3.05) is 0 Å². The average Bonchev–Trinajstić information content (AvgIpc) is 2.38. The van der Waals surface area contributed by atoms with Gasteiger partial charge >= 0.3 is 6.03 Å². The van der Waals surface area contributed by atoms with Gasteiger partial charge < -0.3 is 11.1 Å². The first-order valence-electron chi connectivity index (χ1n) is 5.28. The van der Waals surface area contributed by atoms with Gasteiger partial charge in [-0.2, -0.15) is 0 Å².